The number of hydrogen-bond acceptors (Lipinski definition) is 4. The lowest BCUT2D eigenvalue weighted by molar-refractivity contribution is -0.118. The van der Waals surface area contributed by atoms with Crippen molar-refractivity contribution < 1.29 is 20.4 Å². The van der Waals surface area contributed by atoms with E-state index < -0.39 is 5.41 Å². The maximum absolute atomic E-state index is 13.3. The lowest BCUT2D eigenvalue weighted by Gasteiger charge is -2.17. The van der Waals surface area contributed by atoms with Crippen LogP contribution in [0.3, 0.4) is 0 Å². The number of benzene rings is 3. The van der Waals surface area contributed by atoms with E-state index in [1.54, 1.807) is 0 Å². The van der Waals surface area contributed by atoms with E-state index in [0.717, 1.165) is 46.5 Å². The Morgan fingerprint density at radius 1 is 1.09 bits per heavy atom. The molecule has 166 valence electrons. The third-order valence-corrected chi connectivity index (χ3v) is 6.44. The van der Waals surface area contributed by atoms with Gasteiger partial charge in [-0.3, -0.25) is 4.79 Å². The maximum atomic E-state index is 13.3. The first-order chi connectivity index (χ1) is 15.5. The first kappa shape index (κ1) is 20.7. The third kappa shape index (κ3) is 3.67. The number of halogens is 1. The van der Waals surface area contributed by atoms with Crippen LogP contribution < -0.4 is 19.5 Å². The van der Waals surface area contributed by atoms with Crippen LogP contribution in [0.25, 0.3) is 11.1 Å². The number of carbonyl (C=O) groups is 1. The average Bonchev–Trinajstić information content (AvgIpc) is 3.47. The first-order valence-corrected chi connectivity index (χ1v) is 11.1. The van der Waals surface area contributed by atoms with Gasteiger partial charge in [0.1, 0.15) is 5.75 Å². The SMILES string of the molecule is CCOc1ccc(-c2cc(NC(=O)C3(c4ccc5c(c4)OCO5)CC3)ccc2C)cc1Cl.[HH]. The van der Waals surface area contributed by atoms with Crippen LogP contribution in [0.2, 0.25) is 5.02 Å². The maximum Gasteiger partial charge on any atom is 0.235 e. The zero-order valence-corrected chi connectivity index (χ0v) is 18.8. The van der Waals surface area contributed by atoms with Crippen LogP contribution in [-0.2, 0) is 10.2 Å². The molecule has 5 nitrogen and oxygen atoms in total. The lowest BCUT2D eigenvalue weighted by Crippen LogP contribution is -2.27. The molecule has 0 aromatic heterocycles. The molecule has 2 aliphatic rings. The van der Waals surface area contributed by atoms with Crippen LogP contribution in [0, 0.1) is 6.92 Å². The topological polar surface area (TPSA) is 56.8 Å². The minimum Gasteiger partial charge on any atom is -0.492 e. The van der Waals surface area contributed by atoms with Gasteiger partial charge < -0.3 is 19.5 Å². The molecule has 1 N–H and O–H groups in total. The Balaban J connectivity index is 0.00000259. The highest BCUT2D eigenvalue weighted by atomic mass is 35.5. The van der Waals surface area contributed by atoms with E-state index in [4.69, 9.17) is 25.8 Å². The van der Waals surface area contributed by atoms with Crippen molar-refractivity contribution in [3.05, 3.63) is 70.7 Å². The Bertz CT molecular complexity index is 1210. The van der Waals surface area contributed by atoms with Gasteiger partial charge >= 0.3 is 0 Å². The molecule has 3 aromatic rings. The highest BCUT2D eigenvalue weighted by molar-refractivity contribution is 6.32. The monoisotopic (exact) mass is 451 g/mol. The van der Waals surface area contributed by atoms with Crippen molar-refractivity contribution in [3.63, 3.8) is 0 Å². The number of anilines is 1. The van der Waals surface area contributed by atoms with Crippen molar-refractivity contribution in [3.8, 4) is 28.4 Å². The van der Waals surface area contributed by atoms with Gasteiger partial charge in [0.15, 0.2) is 11.5 Å². The van der Waals surface area contributed by atoms with Gasteiger partial charge in [0.2, 0.25) is 12.7 Å². The Hall–Kier alpha value is -3.18. The molecule has 1 aliphatic heterocycles. The average molecular weight is 452 g/mol. The second-order valence-corrected chi connectivity index (χ2v) is 8.62. The van der Waals surface area contributed by atoms with Crippen LogP contribution in [0.4, 0.5) is 5.69 Å². The lowest BCUT2D eigenvalue weighted by atomic mass is 9.94. The Kier molecular flexibility index (Phi) is 5.22. The number of aryl methyl sites for hydroxylation is 1. The molecule has 0 radical (unpaired) electrons. The number of rotatable bonds is 6. The van der Waals surface area contributed by atoms with E-state index in [-0.39, 0.29) is 14.1 Å². The second-order valence-electron chi connectivity index (χ2n) is 8.21. The van der Waals surface area contributed by atoms with Gasteiger partial charge in [-0.05, 0) is 85.3 Å². The highest BCUT2D eigenvalue weighted by Crippen LogP contribution is 2.51. The predicted molar refractivity (Wildman–Crippen MR) is 127 cm³/mol. The molecule has 0 unspecified atom stereocenters. The minimum atomic E-state index is -0.519. The summed E-state index contributed by atoms with van der Waals surface area (Å²) in [5.41, 5.74) is 4.29. The molecular weight excluding hydrogens is 426 g/mol. The molecule has 0 spiro atoms. The van der Waals surface area contributed by atoms with E-state index in [0.29, 0.717) is 23.1 Å². The molecule has 1 saturated carbocycles. The molecule has 1 heterocycles. The Morgan fingerprint density at radius 3 is 2.66 bits per heavy atom. The number of carbonyl (C=O) groups excluding carboxylic acids is 1. The van der Waals surface area contributed by atoms with Gasteiger partial charge in [-0.15, -0.1) is 0 Å². The normalized spacial score (nSPS) is 15.3. The minimum absolute atomic E-state index is 0. The molecule has 0 atom stereocenters. The molecule has 1 fully saturated rings. The summed E-state index contributed by atoms with van der Waals surface area (Å²) in [5.74, 6) is 2.09. The van der Waals surface area contributed by atoms with Crippen LogP contribution >= 0.6 is 11.6 Å². The molecule has 0 bridgehead atoms. The van der Waals surface area contributed by atoms with Gasteiger partial charge in [-0.1, -0.05) is 29.8 Å². The molecule has 6 heteroatoms. The molecular formula is C26H26ClNO4. The summed E-state index contributed by atoms with van der Waals surface area (Å²) in [4.78, 5) is 13.3. The molecule has 32 heavy (non-hydrogen) atoms. The van der Waals surface area contributed by atoms with Crippen molar-refractivity contribution in [1.29, 1.82) is 0 Å². The second kappa shape index (κ2) is 8.06. The van der Waals surface area contributed by atoms with Gasteiger partial charge in [-0.25, -0.2) is 0 Å². The first-order valence-electron chi connectivity index (χ1n) is 10.7. The molecule has 0 saturated heterocycles. The number of nitrogens with one attached hydrogen (secondary N) is 1. The van der Waals surface area contributed by atoms with Crippen molar-refractivity contribution in [2.75, 3.05) is 18.7 Å². The molecule has 1 aliphatic carbocycles. The Labute approximate surface area is 193 Å². The summed E-state index contributed by atoms with van der Waals surface area (Å²) in [7, 11) is 0. The Morgan fingerprint density at radius 2 is 1.91 bits per heavy atom. The smallest absolute Gasteiger partial charge is 0.235 e. The summed E-state index contributed by atoms with van der Waals surface area (Å²) in [6.07, 6.45) is 1.62. The number of fused-ring (bicyclic) bond motifs is 1. The van der Waals surface area contributed by atoms with Gasteiger partial charge in [0.05, 0.1) is 17.0 Å². The van der Waals surface area contributed by atoms with Gasteiger partial charge in [0.25, 0.3) is 0 Å². The van der Waals surface area contributed by atoms with Crippen molar-refractivity contribution >= 4 is 23.2 Å². The molecule has 5 rings (SSSR count). The van der Waals surface area contributed by atoms with Gasteiger partial charge in [0, 0.05) is 7.11 Å². The van der Waals surface area contributed by atoms with E-state index in [1.807, 2.05) is 68.4 Å². The van der Waals surface area contributed by atoms with Crippen molar-refractivity contribution in [2.24, 2.45) is 0 Å². The summed E-state index contributed by atoms with van der Waals surface area (Å²) in [5, 5.41) is 3.69. The third-order valence-electron chi connectivity index (χ3n) is 6.15. The zero-order chi connectivity index (χ0) is 22.3. The summed E-state index contributed by atoms with van der Waals surface area (Å²) in [6.45, 7) is 4.75. The number of hydrogen-bond donors (Lipinski definition) is 1. The standard InChI is InChI=1S/C26H24ClNO4.H2/c1-3-30-22-8-5-17(12-21(22)27)20-14-19(7-4-16(20)2)28-25(29)26(10-11-26)18-6-9-23-24(13-18)32-15-31-23;/h4-9,12-14H,3,10-11,15H2,1-2H3,(H,28,29);1H. The van der Waals surface area contributed by atoms with E-state index in [9.17, 15) is 4.79 Å². The zero-order valence-electron chi connectivity index (χ0n) is 18.0. The van der Waals surface area contributed by atoms with Crippen LogP contribution in [0.5, 0.6) is 17.2 Å². The fourth-order valence-corrected chi connectivity index (χ4v) is 4.40. The van der Waals surface area contributed by atoms with Crippen LogP contribution in [0.1, 0.15) is 32.3 Å². The predicted octanol–water partition coefficient (Wildman–Crippen LogP) is 6.36. The van der Waals surface area contributed by atoms with E-state index >= 15 is 0 Å². The highest BCUT2D eigenvalue weighted by Gasteiger charge is 2.51. The van der Waals surface area contributed by atoms with Gasteiger partial charge in [-0.2, -0.15) is 0 Å². The van der Waals surface area contributed by atoms with Crippen molar-refractivity contribution in [1.82, 2.24) is 0 Å². The number of ether oxygens (including phenoxy) is 3. The summed E-state index contributed by atoms with van der Waals surface area (Å²) < 4.78 is 16.4. The van der Waals surface area contributed by atoms with E-state index in [2.05, 4.69) is 5.32 Å². The quantitative estimate of drug-likeness (QED) is 0.473. The fourth-order valence-electron chi connectivity index (χ4n) is 4.17. The van der Waals surface area contributed by atoms with Crippen LogP contribution in [0.15, 0.2) is 54.6 Å². The fraction of sp³-hybridized carbons (Fsp3) is 0.269. The largest absolute Gasteiger partial charge is 0.492 e. The summed E-state index contributed by atoms with van der Waals surface area (Å²) >= 11 is 6.40. The molecule has 1 amide bonds. The van der Waals surface area contributed by atoms with Crippen LogP contribution in [-0.4, -0.2) is 19.3 Å². The summed E-state index contributed by atoms with van der Waals surface area (Å²) in [6, 6.07) is 17.5. The number of amides is 1. The van der Waals surface area contributed by atoms with E-state index in [1.165, 1.54) is 0 Å². The molecule has 3 aromatic carbocycles. The van der Waals surface area contributed by atoms with Crippen molar-refractivity contribution in [2.45, 2.75) is 32.1 Å².